The molecule has 1 atom stereocenters. The van der Waals surface area contributed by atoms with Crippen molar-refractivity contribution >= 4 is 5.91 Å². The van der Waals surface area contributed by atoms with E-state index in [4.69, 9.17) is 9.72 Å². The Hall–Kier alpha value is -4.20. The maximum Gasteiger partial charge on any atom is 0.255 e. The first-order valence-corrected chi connectivity index (χ1v) is 11.2. The van der Waals surface area contributed by atoms with E-state index >= 15 is 0 Å². The Morgan fingerprint density at radius 1 is 0.971 bits per heavy atom. The molecule has 8 heteroatoms. The van der Waals surface area contributed by atoms with Crippen LogP contribution in [0.15, 0.2) is 73.8 Å². The first kappa shape index (κ1) is 21.6. The fourth-order valence-corrected chi connectivity index (χ4v) is 4.14. The summed E-state index contributed by atoms with van der Waals surface area (Å²) in [5.74, 6) is 1.25. The smallest absolute Gasteiger partial charge is 0.255 e. The topological polar surface area (TPSA) is 94.0 Å². The Morgan fingerprint density at radius 2 is 1.76 bits per heavy atom. The molecule has 1 aromatic carbocycles. The lowest BCUT2D eigenvalue weighted by Crippen LogP contribution is -2.39. The van der Waals surface area contributed by atoms with Crippen molar-refractivity contribution in [3.8, 4) is 22.8 Å². The molecule has 1 saturated heterocycles. The van der Waals surface area contributed by atoms with Crippen LogP contribution in [0.3, 0.4) is 0 Å². The fourth-order valence-electron chi connectivity index (χ4n) is 4.14. The molecule has 4 aromatic rings. The molecule has 5 rings (SSSR count). The molecule has 0 aliphatic carbocycles. The lowest BCUT2D eigenvalue weighted by molar-refractivity contribution is 0.0705. The van der Waals surface area contributed by atoms with Crippen molar-refractivity contribution in [1.82, 2.24) is 29.8 Å². The molecule has 0 bridgehead atoms. The van der Waals surface area contributed by atoms with Crippen molar-refractivity contribution in [2.24, 2.45) is 0 Å². The van der Waals surface area contributed by atoms with Gasteiger partial charge in [-0.05, 0) is 37.5 Å². The van der Waals surface area contributed by atoms with Gasteiger partial charge in [0, 0.05) is 61.1 Å². The highest BCUT2D eigenvalue weighted by atomic mass is 16.5. The number of nitrogens with zero attached hydrogens (tertiary/aromatic N) is 6. The number of likely N-dealkylation sites (tertiary alicyclic amines) is 1. The fraction of sp³-hybridized carbons (Fsp3) is 0.231. The summed E-state index contributed by atoms with van der Waals surface area (Å²) in [6.07, 6.45) is 13.4. The van der Waals surface area contributed by atoms with E-state index < -0.39 is 0 Å². The highest BCUT2D eigenvalue weighted by Gasteiger charge is 2.27. The van der Waals surface area contributed by atoms with E-state index in [0.29, 0.717) is 24.5 Å². The summed E-state index contributed by atoms with van der Waals surface area (Å²) < 4.78 is 5.97. The summed E-state index contributed by atoms with van der Waals surface area (Å²) in [5, 5.41) is 0. The number of benzene rings is 1. The van der Waals surface area contributed by atoms with Gasteiger partial charge in [0.2, 0.25) is 5.88 Å². The van der Waals surface area contributed by atoms with Crippen molar-refractivity contribution in [2.75, 3.05) is 13.1 Å². The molecule has 0 saturated carbocycles. The quantitative estimate of drug-likeness (QED) is 0.442. The molecule has 1 fully saturated rings. The molecule has 3 aromatic heterocycles. The first-order valence-electron chi connectivity index (χ1n) is 11.2. The molecule has 0 radical (unpaired) electrons. The van der Waals surface area contributed by atoms with Crippen LogP contribution in [0, 0.1) is 6.92 Å². The van der Waals surface area contributed by atoms with E-state index in [2.05, 4.69) is 19.9 Å². The highest BCUT2D eigenvalue weighted by Crippen LogP contribution is 2.29. The Morgan fingerprint density at radius 3 is 2.62 bits per heavy atom. The molecular formula is C26H24N6O2. The summed E-state index contributed by atoms with van der Waals surface area (Å²) in [6, 6.07) is 9.64. The number of aromatic nitrogens is 5. The average molecular weight is 453 g/mol. The molecule has 0 unspecified atom stereocenters. The maximum atomic E-state index is 13.3. The number of amides is 1. The number of carbonyl (C=O) groups is 1. The minimum Gasteiger partial charge on any atom is -0.437 e. The monoisotopic (exact) mass is 452 g/mol. The lowest BCUT2D eigenvalue weighted by Gasteiger charge is -2.32. The van der Waals surface area contributed by atoms with Gasteiger partial charge in [-0.3, -0.25) is 14.8 Å². The Labute approximate surface area is 197 Å². The number of rotatable bonds is 5. The van der Waals surface area contributed by atoms with Gasteiger partial charge in [0.15, 0.2) is 0 Å². The summed E-state index contributed by atoms with van der Waals surface area (Å²) in [5.41, 5.74) is 4.04. The van der Waals surface area contributed by atoms with Crippen LogP contribution in [0.5, 0.6) is 11.6 Å². The molecule has 1 aliphatic rings. The third-order valence-electron chi connectivity index (χ3n) is 5.95. The minimum absolute atomic E-state index is 0.0452. The highest BCUT2D eigenvalue weighted by molar-refractivity contribution is 5.95. The molecule has 170 valence electrons. The molecule has 1 amide bonds. The van der Waals surface area contributed by atoms with Crippen molar-refractivity contribution in [3.05, 3.63) is 90.7 Å². The van der Waals surface area contributed by atoms with Crippen molar-refractivity contribution in [3.63, 3.8) is 0 Å². The summed E-state index contributed by atoms with van der Waals surface area (Å²) >= 11 is 0. The van der Waals surface area contributed by atoms with Gasteiger partial charge >= 0.3 is 0 Å². The predicted molar refractivity (Wildman–Crippen MR) is 126 cm³/mol. The number of piperidine rings is 1. The van der Waals surface area contributed by atoms with E-state index in [-0.39, 0.29) is 11.8 Å². The summed E-state index contributed by atoms with van der Waals surface area (Å²) in [6.45, 7) is 3.26. The Bertz CT molecular complexity index is 1300. The lowest BCUT2D eigenvalue weighted by atomic mass is 9.94. The van der Waals surface area contributed by atoms with Crippen LogP contribution < -0.4 is 4.74 Å². The molecule has 1 aliphatic heterocycles. The van der Waals surface area contributed by atoms with E-state index in [9.17, 15) is 4.79 Å². The van der Waals surface area contributed by atoms with Crippen LogP contribution in [-0.2, 0) is 0 Å². The summed E-state index contributed by atoms with van der Waals surface area (Å²) in [4.78, 5) is 36.6. The zero-order chi connectivity index (χ0) is 23.3. The zero-order valence-corrected chi connectivity index (χ0v) is 18.8. The Kier molecular flexibility index (Phi) is 6.20. The van der Waals surface area contributed by atoms with E-state index in [1.165, 1.54) is 6.33 Å². The molecule has 8 nitrogen and oxygen atoms in total. The van der Waals surface area contributed by atoms with Gasteiger partial charge in [0.25, 0.3) is 5.91 Å². The number of para-hydroxylation sites is 1. The second-order valence-corrected chi connectivity index (χ2v) is 8.33. The van der Waals surface area contributed by atoms with Gasteiger partial charge in [-0.25, -0.2) is 15.0 Å². The second kappa shape index (κ2) is 9.74. The number of aryl methyl sites for hydroxylation is 1. The third-order valence-corrected chi connectivity index (χ3v) is 5.95. The number of hydrogen-bond acceptors (Lipinski definition) is 7. The number of pyridine rings is 1. The molecule has 4 heterocycles. The third kappa shape index (κ3) is 4.76. The van der Waals surface area contributed by atoms with Gasteiger partial charge in [0.1, 0.15) is 12.1 Å². The van der Waals surface area contributed by atoms with Crippen molar-refractivity contribution in [1.29, 1.82) is 0 Å². The van der Waals surface area contributed by atoms with Crippen LogP contribution in [0.4, 0.5) is 0 Å². The van der Waals surface area contributed by atoms with Crippen LogP contribution in [0.25, 0.3) is 11.1 Å². The van der Waals surface area contributed by atoms with Crippen molar-refractivity contribution < 1.29 is 9.53 Å². The molecular weight excluding hydrogens is 428 g/mol. The molecule has 34 heavy (non-hydrogen) atoms. The largest absolute Gasteiger partial charge is 0.437 e. The van der Waals surface area contributed by atoms with E-state index in [1.54, 1.807) is 37.2 Å². The van der Waals surface area contributed by atoms with Gasteiger partial charge in [-0.15, -0.1) is 0 Å². The molecule has 0 spiro atoms. The van der Waals surface area contributed by atoms with Gasteiger partial charge in [-0.1, -0.05) is 18.2 Å². The maximum absolute atomic E-state index is 13.3. The van der Waals surface area contributed by atoms with Gasteiger partial charge in [-0.2, -0.15) is 0 Å². The Balaban J connectivity index is 1.32. The normalized spacial score (nSPS) is 15.7. The predicted octanol–water partition coefficient (Wildman–Crippen LogP) is 4.45. The number of carbonyl (C=O) groups excluding carboxylic acids is 1. The zero-order valence-electron chi connectivity index (χ0n) is 18.8. The van der Waals surface area contributed by atoms with Crippen LogP contribution in [0.1, 0.15) is 40.4 Å². The van der Waals surface area contributed by atoms with Crippen LogP contribution >= 0.6 is 0 Å². The number of hydrogen-bond donors (Lipinski definition) is 0. The van der Waals surface area contributed by atoms with E-state index in [1.807, 2.05) is 42.2 Å². The first-order chi connectivity index (χ1) is 16.7. The average Bonchev–Trinajstić information content (AvgIpc) is 2.90. The summed E-state index contributed by atoms with van der Waals surface area (Å²) in [7, 11) is 0. The number of ether oxygens (including phenoxy) is 1. The SMILES string of the molecule is Cc1ccccc1Oc1cncc([C@H]2CCCN(C(=O)c3cncc(-c4cncnc4)c3)C2)n1. The van der Waals surface area contributed by atoms with E-state index in [0.717, 1.165) is 41.0 Å². The molecule has 0 N–H and O–H groups in total. The van der Waals surface area contributed by atoms with Crippen molar-refractivity contribution in [2.45, 2.75) is 25.7 Å². The van der Waals surface area contributed by atoms with Crippen LogP contribution in [0.2, 0.25) is 0 Å². The standard InChI is InChI=1S/C26H24N6O2/c1-18-5-2-3-7-24(18)34-25-15-28-14-23(31-25)19-6-4-8-32(16-19)26(33)21-9-20(10-27-11-21)22-12-29-17-30-13-22/h2-3,5,7,9-15,17,19H,4,6,8,16H2,1H3/t19-/m0/s1. The van der Waals surface area contributed by atoms with Gasteiger partial charge < -0.3 is 9.64 Å². The van der Waals surface area contributed by atoms with Gasteiger partial charge in [0.05, 0.1) is 17.5 Å². The minimum atomic E-state index is -0.0452. The second-order valence-electron chi connectivity index (χ2n) is 8.33. The van der Waals surface area contributed by atoms with Crippen LogP contribution in [-0.4, -0.2) is 48.8 Å².